The Kier molecular flexibility index (Phi) is 7.01. The van der Waals surface area contributed by atoms with Crippen LogP contribution in [0, 0.1) is 0 Å². The SMILES string of the molecule is O=C1/C(=C/c2c(N3CCN(CCO)CC3)nc3ccccn3c2=O)SC(=S)N1C1CCCCC1. The average Bonchev–Trinajstić information content (AvgIpc) is 3.14. The van der Waals surface area contributed by atoms with Crippen LogP contribution in [0.15, 0.2) is 34.1 Å². The van der Waals surface area contributed by atoms with Crippen molar-refractivity contribution in [1.82, 2.24) is 19.2 Å². The van der Waals surface area contributed by atoms with Crippen LogP contribution in [0.5, 0.6) is 0 Å². The van der Waals surface area contributed by atoms with E-state index in [9.17, 15) is 14.7 Å². The first-order valence-electron chi connectivity index (χ1n) is 11.9. The predicted molar refractivity (Wildman–Crippen MR) is 139 cm³/mol. The van der Waals surface area contributed by atoms with E-state index in [1.165, 1.54) is 22.6 Å². The van der Waals surface area contributed by atoms with Crippen LogP contribution in [0.3, 0.4) is 0 Å². The van der Waals surface area contributed by atoms with Crippen molar-refractivity contribution in [3.05, 3.63) is 45.2 Å². The maximum Gasteiger partial charge on any atom is 0.267 e. The van der Waals surface area contributed by atoms with Gasteiger partial charge in [-0.3, -0.25) is 23.8 Å². The zero-order chi connectivity index (χ0) is 23.7. The van der Waals surface area contributed by atoms with Crippen LogP contribution in [-0.4, -0.2) is 79.9 Å². The lowest BCUT2D eigenvalue weighted by atomic mass is 9.94. The number of fused-ring (bicyclic) bond motifs is 1. The van der Waals surface area contributed by atoms with Gasteiger partial charge in [0, 0.05) is 45.0 Å². The van der Waals surface area contributed by atoms with Crippen LogP contribution in [0.25, 0.3) is 11.7 Å². The van der Waals surface area contributed by atoms with Crippen molar-refractivity contribution in [3.8, 4) is 0 Å². The summed E-state index contributed by atoms with van der Waals surface area (Å²) in [5.41, 5.74) is 0.803. The fourth-order valence-corrected chi connectivity index (χ4v) is 6.43. The molecule has 0 unspecified atom stereocenters. The summed E-state index contributed by atoms with van der Waals surface area (Å²) in [5.74, 6) is 0.501. The average molecular weight is 500 g/mol. The molecule has 2 saturated heterocycles. The fraction of sp³-hybridized carbons (Fsp3) is 0.500. The smallest absolute Gasteiger partial charge is 0.267 e. The number of nitrogens with zero attached hydrogens (tertiary/aromatic N) is 5. The van der Waals surface area contributed by atoms with E-state index in [0.29, 0.717) is 45.9 Å². The van der Waals surface area contributed by atoms with Gasteiger partial charge >= 0.3 is 0 Å². The topological polar surface area (TPSA) is 81.4 Å². The van der Waals surface area contributed by atoms with E-state index in [4.69, 9.17) is 17.2 Å². The first-order chi connectivity index (χ1) is 16.6. The van der Waals surface area contributed by atoms with Gasteiger partial charge in [-0.25, -0.2) is 4.98 Å². The number of aliphatic hydroxyl groups excluding tert-OH is 1. The number of carbonyl (C=O) groups excluding carboxylic acids is 1. The quantitative estimate of drug-likeness (QED) is 0.496. The summed E-state index contributed by atoms with van der Waals surface area (Å²) in [6.07, 6.45) is 8.79. The standard InChI is InChI=1S/C24H29N5O3S2/c30-15-14-26-10-12-27(13-11-26)21-18(22(31)28-9-5-4-8-20(28)25-21)16-19-23(32)29(24(33)34-19)17-6-2-1-3-7-17/h4-5,8-9,16-17,30H,1-3,6-7,10-15H2/b19-16-. The van der Waals surface area contributed by atoms with Gasteiger partial charge in [-0.05, 0) is 31.1 Å². The molecule has 5 rings (SSSR count). The summed E-state index contributed by atoms with van der Waals surface area (Å²) >= 11 is 6.87. The minimum atomic E-state index is -0.193. The Morgan fingerprint density at radius 1 is 1.12 bits per heavy atom. The molecule has 2 aromatic rings. The van der Waals surface area contributed by atoms with Gasteiger partial charge < -0.3 is 10.0 Å². The van der Waals surface area contributed by atoms with E-state index in [1.807, 2.05) is 12.1 Å². The van der Waals surface area contributed by atoms with Crippen molar-refractivity contribution in [2.24, 2.45) is 0 Å². The number of amides is 1. The van der Waals surface area contributed by atoms with Crippen molar-refractivity contribution in [3.63, 3.8) is 0 Å². The highest BCUT2D eigenvalue weighted by Gasteiger charge is 2.38. The van der Waals surface area contributed by atoms with Gasteiger partial charge in [-0.2, -0.15) is 0 Å². The minimum absolute atomic E-state index is 0.0989. The molecule has 3 fully saturated rings. The van der Waals surface area contributed by atoms with Crippen molar-refractivity contribution in [1.29, 1.82) is 0 Å². The number of aromatic nitrogens is 2. The Hall–Kier alpha value is -2.27. The lowest BCUT2D eigenvalue weighted by Gasteiger charge is -2.35. The molecular formula is C24H29N5O3S2. The molecule has 2 aliphatic heterocycles. The normalized spacial score (nSPS) is 21.9. The summed E-state index contributed by atoms with van der Waals surface area (Å²) in [6.45, 7) is 3.71. The minimum Gasteiger partial charge on any atom is -0.395 e. The lowest BCUT2D eigenvalue weighted by Crippen LogP contribution is -2.48. The Morgan fingerprint density at radius 3 is 2.62 bits per heavy atom. The van der Waals surface area contributed by atoms with E-state index in [-0.39, 0.29) is 24.1 Å². The van der Waals surface area contributed by atoms with Crippen LogP contribution < -0.4 is 10.5 Å². The molecule has 0 atom stereocenters. The van der Waals surface area contributed by atoms with Gasteiger partial charge in [0.1, 0.15) is 15.8 Å². The van der Waals surface area contributed by atoms with E-state index < -0.39 is 0 Å². The molecule has 2 aromatic heterocycles. The number of pyridine rings is 1. The molecule has 3 aliphatic rings. The first-order valence-corrected chi connectivity index (χ1v) is 13.2. The zero-order valence-electron chi connectivity index (χ0n) is 19.1. The molecule has 1 aliphatic carbocycles. The van der Waals surface area contributed by atoms with Crippen LogP contribution >= 0.6 is 24.0 Å². The number of β-amino-alcohol motifs (C(OH)–C–C–N with tert-alkyl or cyclic N) is 1. The summed E-state index contributed by atoms with van der Waals surface area (Å²) in [6, 6.07) is 5.64. The van der Waals surface area contributed by atoms with Gasteiger partial charge in [0.25, 0.3) is 11.5 Å². The van der Waals surface area contributed by atoms with Gasteiger partial charge in [-0.1, -0.05) is 49.3 Å². The first kappa shape index (κ1) is 23.5. The largest absolute Gasteiger partial charge is 0.395 e. The predicted octanol–water partition coefficient (Wildman–Crippen LogP) is 2.34. The molecule has 10 heteroatoms. The molecule has 0 aromatic carbocycles. The number of carbonyl (C=O) groups is 1. The molecule has 1 amide bonds. The Morgan fingerprint density at radius 2 is 1.88 bits per heavy atom. The van der Waals surface area contributed by atoms with Crippen LogP contribution in [0.4, 0.5) is 5.82 Å². The third kappa shape index (κ3) is 4.51. The summed E-state index contributed by atoms with van der Waals surface area (Å²) in [5, 5.41) is 9.25. The van der Waals surface area contributed by atoms with Gasteiger partial charge in [0.2, 0.25) is 0 Å². The number of hydrogen-bond donors (Lipinski definition) is 1. The Labute approximate surface area is 208 Å². The molecule has 0 spiro atoms. The molecule has 1 N–H and O–H groups in total. The second-order valence-corrected chi connectivity index (χ2v) is 10.7. The number of aliphatic hydroxyl groups is 1. The third-order valence-electron chi connectivity index (χ3n) is 6.88. The van der Waals surface area contributed by atoms with Gasteiger partial charge in [0.05, 0.1) is 17.1 Å². The van der Waals surface area contributed by atoms with Gasteiger partial charge in [0.15, 0.2) is 0 Å². The number of hydrogen-bond acceptors (Lipinski definition) is 8. The number of thioether (sulfide) groups is 1. The second-order valence-electron chi connectivity index (χ2n) is 8.98. The molecular weight excluding hydrogens is 470 g/mol. The number of anilines is 1. The highest BCUT2D eigenvalue weighted by molar-refractivity contribution is 8.26. The van der Waals surface area contributed by atoms with E-state index in [2.05, 4.69) is 9.80 Å². The molecule has 4 heterocycles. The Bertz CT molecular complexity index is 1180. The second kappa shape index (κ2) is 10.2. The van der Waals surface area contributed by atoms with Crippen molar-refractivity contribution < 1.29 is 9.90 Å². The maximum absolute atomic E-state index is 13.6. The van der Waals surface area contributed by atoms with E-state index in [1.54, 1.807) is 23.2 Å². The third-order valence-corrected chi connectivity index (χ3v) is 8.21. The Balaban J connectivity index is 1.52. The van der Waals surface area contributed by atoms with Gasteiger partial charge in [-0.15, -0.1) is 0 Å². The number of thiocarbonyl (C=S) groups is 1. The monoisotopic (exact) mass is 499 g/mol. The van der Waals surface area contributed by atoms with E-state index >= 15 is 0 Å². The van der Waals surface area contributed by atoms with Crippen molar-refractivity contribution in [2.75, 3.05) is 44.2 Å². The van der Waals surface area contributed by atoms with Crippen molar-refractivity contribution >= 4 is 51.7 Å². The molecule has 0 bridgehead atoms. The summed E-state index contributed by atoms with van der Waals surface area (Å²) in [7, 11) is 0. The zero-order valence-corrected chi connectivity index (χ0v) is 20.7. The summed E-state index contributed by atoms with van der Waals surface area (Å²) < 4.78 is 2.11. The highest BCUT2D eigenvalue weighted by Crippen LogP contribution is 2.37. The molecule has 0 radical (unpaired) electrons. The maximum atomic E-state index is 13.6. The fourth-order valence-electron chi connectivity index (χ4n) is 5.05. The molecule has 34 heavy (non-hydrogen) atoms. The highest BCUT2D eigenvalue weighted by atomic mass is 32.2. The van der Waals surface area contributed by atoms with Crippen LogP contribution in [0.2, 0.25) is 0 Å². The molecule has 180 valence electrons. The molecule has 8 nitrogen and oxygen atoms in total. The lowest BCUT2D eigenvalue weighted by molar-refractivity contribution is -0.124. The van der Waals surface area contributed by atoms with Crippen LogP contribution in [-0.2, 0) is 4.79 Å². The van der Waals surface area contributed by atoms with Crippen molar-refractivity contribution in [2.45, 2.75) is 38.1 Å². The number of piperazine rings is 1. The van der Waals surface area contributed by atoms with Crippen LogP contribution in [0.1, 0.15) is 37.7 Å². The molecule has 1 saturated carbocycles. The number of rotatable bonds is 5. The van der Waals surface area contributed by atoms with E-state index in [0.717, 1.165) is 38.8 Å². The summed E-state index contributed by atoms with van der Waals surface area (Å²) in [4.78, 5) is 38.3.